The third-order valence-electron chi connectivity index (χ3n) is 3.10. The molecule has 22 heavy (non-hydrogen) atoms. The number of aryl methyl sites for hydroxylation is 1. The van der Waals surface area contributed by atoms with Crippen molar-refractivity contribution in [2.45, 2.75) is 39.7 Å². The van der Waals surface area contributed by atoms with Crippen molar-refractivity contribution in [1.29, 1.82) is 0 Å². The number of amides is 1. The number of nitro benzene ring substituents is 1. The highest BCUT2D eigenvalue weighted by Crippen LogP contribution is 2.23. The average molecular weight is 308 g/mol. The SMILES string of the molecule is CCCC(C)NC(=O)COC(=O)c1cccc(C)c1[N+](=O)[O-]. The van der Waals surface area contributed by atoms with Gasteiger partial charge >= 0.3 is 5.97 Å². The second-order valence-electron chi connectivity index (χ2n) is 5.06. The van der Waals surface area contributed by atoms with Gasteiger partial charge < -0.3 is 10.1 Å². The van der Waals surface area contributed by atoms with E-state index in [2.05, 4.69) is 5.32 Å². The van der Waals surface area contributed by atoms with Crippen molar-refractivity contribution in [3.05, 3.63) is 39.4 Å². The van der Waals surface area contributed by atoms with E-state index in [4.69, 9.17) is 4.74 Å². The number of esters is 1. The zero-order chi connectivity index (χ0) is 16.7. The molecule has 1 rings (SSSR count). The molecule has 0 aliphatic heterocycles. The number of hydrogen-bond donors (Lipinski definition) is 1. The summed E-state index contributed by atoms with van der Waals surface area (Å²) < 4.78 is 4.86. The highest BCUT2D eigenvalue weighted by molar-refractivity contribution is 5.95. The third kappa shape index (κ3) is 4.83. The lowest BCUT2D eigenvalue weighted by Gasteiger charge is -2.12. The van der Waals surface area contributed by atoms with Gasteiger partial charge in [0.05, 0.1) is 4.92 Å². The van der Waals surface area contributed by atoms with Crippen molar-refractivity contribution in [3.8, 4) is 0 Å². The van der Waals surface area contributed by atoms with E-state index in [0.29, 0.717) is 5.56 Å². The Kier molecular flexibility index (Phi) is 6.49. The highest BCUT2D eigenvalue weighted by atomic mass is 16.6. The second kappa shape index (κ2) is 8.11. The molecule has 0 heterocycles. The number of carbonyl (C=O) groups excluding carboxylic acids is 2. The number of benzene rings is 1. The van der Waals surface area contributed by atoms with Crippen molar-refractivity contribution < 1.29 is 19.2 Å². The standard InChI is InChI=1S/C15H20N2O5/c1-4-6-11(3)16-13(18)9-22-15(19)12-8-5-7-10(2)14(12)17(20)21/h5,7-8,11H,4,6,9H2,1-3H3,(H,16,18). The molecule has 0 aliphatic carbocycles. The Morgan fingerprint density at radius 2 is 2.09 bits per heavy atom. The lowest BCUT2D eigenvalue weighted by molar-refractivity contribution is -0.385. The fourth-order valence-corrected chi connectivity index (χ4v) is 2.10. The largest absolute Gasteiger partial charge is 0.452 e. The van der Waals surface area contributed by atoms with E-state index in [0.717, 1.165) is 12.8 Å². The Bertz CT molecular complexity index is 571. The van der Waals surface area contributed by atoms with Crippen LogP contribution in [0.3, 0.4) is 0 Å². The van der Waals surface area contributed by atoms with E-state index in [1.54, 1.807) is 0 Å². The maximum Gasteiger partial charge on any atom is 0.345 e. The molecule has 1 unspecified atom stereocenters. The Morgan fingerprint density at radius 3 is 2.68 bits per heavy atom. The Hall–Kier alpha value is -2.44. The number of carbonyl (C=O) groups is 2. The number of nitro groups is 1. The molecular weight excluding hydrogens is 288 g/mol. The number of ether oxygens (including phenoxy) is 1. The smallest absolute Gasteiger partial charge is 0.345 e. The van der Waals surface area contributed by atoms with Crippen LogP contribution in [0.2, 0.25) is 0 Å². The van der Waals surface area contributed by atoms with Crippen molar-refractivity contribution in [2.75, 3.05) is 6.61 Å². The predicted octanol–water partition coefficient (Wildman–Crippen LogP) is 2.36. The first-order valence-electron chi connectivity index (χ1n) is 7.07. The quantitative estimate of drug-likeness (QED) is 0.473. The summed E-state index contributed by atoms with van der Waals surface area (Å²) >= 11 is 0. The maximum atomic E-state index is 11.9. The monoisotopic (exact) mass is 308 g/mol. The fourth-order valence-electron chi connectivity index (χ4n) is 2.10. The van der Waals surface area contributed by atoms with E-state index >= 15 is 0 Å². The zero-order valence-electron chi connectivity index (χ0n) is 12.9. The average Bonchev–Trinajstić information content (AvgIpc) is 2.44. The van der Waals surface area contributed by atoms with Crippen LogP contribution < -0.4 is 5.32 Å². The van der Waals surface area contributed by atoms with Gasteiger partial charge in [-0.1, -0.05) is 25.5 Å². The van der Waals surface area contributed by atoms with E-state index in [1.807, 2.05) is 13.8 Å². The van der Waals surface area contributed by atoms with Crippen LogP contribution in [-0.2, 0) is 9.53 Å². The van der Waals surface area contributed by atoms with E-state index in [1.165, 1.54) is 25.1 Å². The lowest BCUT2D eigenvalue weighted by atomic mass is 10.1. The van der Waals surface area contributed by atoms with Crippen LogP contribution in [0.4, 0.5) is 5.69 Å². The molecule has 1 aromatic rings. The van der Waals surface area contributed by atoms with Crippen LogP contribution in [0, 0.1) is 17.0 Å². The molecule has 0 saturated heterocycles. The minimum Gasteiger partial charge on any atom is -0.452 e. The van der Waals surface area contributed by atoms with Gasteiger partial charge in [-0.15, -0.1) is 0 Å². The van der Waals surface area contributed by atoms with Gasteiger partial charge in [0, 0.05) is 11.6 Å². The molecule has 0 spiro atoms. The Labute approximate surface area is 128 Å². The fraction of sp³-hybridized carbons (Fsp3) is 0.467. The molecule has 1 N–H and O–H groups in total. The summed E-state index contributed by atoms with van der Waals surface area (Å²) in [5, 5.41) is 13.7. The van der Waals surface area contributed by atoms with E-state index in [9.17, 15) is 19.7 Å². The number of hydrogen-bond acceptors (Lipinski definition) is 5. The van der Waals surface area contributed by atoms with Crippen LogP contribution in [0.25, 0.3) is 0 Å². The topological polar surface area (TPSA) is 98.5 Å². The molecule has 0 saturated carbocycles. The zero-order valence-corrected chi connectivity index (χ0v) is 12.9. The first-order chi connectivity index (χ1) is 10.4. The summed E-state index contributed by atoms with van der Waals surface area (Å²) in [5.41, 5.74) is -0.0906. The van der Waals surface area contributed by atoms with Crippen LogP contribution in [0.1, 0.15) is 42.6 Å². The highest BCUT2D eigenvalue weighted by Gasteiger charge is 2.24. The number of nitrogens with one attached hydrogen (secondary N) is 1. The molecule has 1 aromatic carbocycles. The van der Waals surface area contributed by atoms with Gasteiger partial charge in [-0.05, 0) is 26.3 Å². The lowest BCUT2D eigenvalue weighted by Crippen LogP contribution is -2.35. The molecule has 7 nitrogen and oxygen atoms in total. The summed E-state index contributed by atoms with van der Waals surface area (Å²) in [7, 11) is 0. The molecule has 1 atom stereocenters. The molecule has 7 heteroatoms. The van der Waals surface area contributed by atoms with E-state index in [-0.39, 0.29) is 17.3 Å². The molecular formula is C15H20N2O5. The normalized spacial score (nSPS) is 11.6. The molecule has 0 aliphatic rings. The molecule has 0 aromatic heterocycles. The van der Waals surface area contributed by atoms with Gasteiger partial charge in [0.2, 0.25) is 0 Å². The number of rotatable bonds is 7. The molecule has 120 valence electrons. The molecule has 1 amide bonds. The van der Waals surface area contributed by atoms with Gasteiger partial charge in [-0.3, -0.25) is 14.9 Å². The van der Waals surface area contributed by atoms with Crippen LogP contribution >= 0.6 is 0 Å². The van der Waals surface area contributed by atoms with Crippen molar-refractivity contribution in [3.63, 3.8) is 0 Å². The maximum absolute atomic E-state index is 11.9. The van der Waals surface area contributed by atoms with Crippen molar-refractivity contribution in [1.82, 2.24) is 5.32 Å². The van der Waals surface area contributed by atoms with Crippen LogP contribution in [0.5, 0.6) is 0 Å². The third-order valence-corrected chi connectivity index (χ3v) is 3.10. The predicted molar refractivity (Wildman–Crippen MR) is 80.6 cm³/mol. The first-order valence-corrected chi connectivity index (χ1v) is 7.07. The molecule has 0 fully saturated rings. The van der Waals surface area contributed by atoms with Gasteiger partial charge in [0.25, 0.3) is 11.6 Å². The second-order valence-corrected chi connectivity index (χ2v) is 5.06. The van der Waals surface area contributed by atoms with Gasteiger partial charge in [0.15, 0.2) is 6.61 Å². The number of nitrogens with zero attached hydrogens (tertiary/aromatic N) is 1. The summed E-state index contributed by atoms with van der Waals surface area (Å²) in [5.74, 6) is -1.31. The summed E-state index contributed by atoms with van der Waals surface area (Å²) in [6, 6.07) is 4.37. The molecule has 0 radical (unpaired) electrons. The van der Waals surface area contributed by atoms with Gasteiger partial charge in [0.1, 0.15) is 5.56 Å². The van der Waals surface area contributed by atoms with Gasteiger partial charge in [-0.2, -0.15) is 0 Å². The van der Waals surface area contributed by atoms with Crippen LogP contribution in [0.15, 0.2) is 18.2 Å². The summed E-state index contributed by atoms with van der Waals surface area (Å²) in [6.07, 6.45) is 1.75. The van der Waals surface area contributed by atoms with Crippen molar-refractivity contribution in [2.24, 2.45) is 0 Å². The minimum atomic E-state index is -0.881. The first kappa shape index (κ1) is 17.6. The Morgan fingerprint density at radius 1 is 1.41 bits per heavy atom. The Balaban J connectivity index is 2.69. The van der Waals surface area contributed by atoms with E-state index < -0.39 is 23.4 Å². The van der Waals surface area contributed by atoms with Gasteiger partial charge in [-0.25, -0.2) is 4.79 Å². The molecule has 0 bridgehead atoms. The summed E-state index contributed by atoms with van der Waals surface area (Å²) in [4.78, 5) is 34.0. The van der Waals surface area contributed by atoms with Crippen molar-refractivity contribution >= 4 is 17.6 Å². The summed E-state index contributed by atoms with van der Waals surface area (Å²) in [6.45, 7) is 4.93. The van der Waals surface area contributed by atoms with Crippen LogP contribution in [-0.4, -0.2) is 29.4 Å². The number of para-hydroxylation sites is 1. The minimum absolute atomic E-state index is 0.00971.